The van der Waals surface area contributed by atoms with E-state index in [-0.39, 0.29) is 0 Å². The zero-order chi connectivity index (χ0) is 13.3. The minimum absolute atomic E-state index is 0.551. The molecule has 4 nitrogen and oxygen atoms in total. The summed E-state index contributed by atoms with van der Waals surface area (Å²) < 4.78 is 0. The van der Waals surface area contributed by atoms with Gasteiger partial charge in [0.1, 0.15) is 11.6 Å². The van der Waals surface area contributed by atoms with Gasteiger partial charge in [-0.1, -0.05) is 23.2 Å². The summed E-state index contributed by atoms with van der Waals surface area (Å²) in [6.07, 6.45) is 1.13. The predicted molar refractivity (Wildman–Crippen MR) is 78.1 cm³/mol. The standard InChI is InChI=1S/C12H18Cl2N4/c1-15-11-9(13)6-10(14)12(16-11)18-5-4-8(7-18)17(2)3/h6,8H,4-5,7H2,1-3H3,(H,15,16). The van der Waals surface area contributed by atoms with Gasteiger partial charge in [0.2, 0.25) is 0 Å². The number of anilines is 2. The van der Waals surface area contributed by atoms with Crippen LogP contribution >= 0.6 is 23.2 Å². The molecule has 1 atom stereocenters. The van der Waals surface area contributed by atoms with Gasteiger partial charge in [-0.3, -0.25) is 0 Å². The third-order valence-corrected chi connectivity index (χ3v) is 3.91. The molecule has 0 bridgehead atoms. The normalized spacial score (nSPS) is 19.7. The number of nitrogens with one attached hydrogen (secondary N) is 1. The monoisotopic (exact) mass is 288 g/mol. The maximum Gasteiger partial charge on any atom is 0.150 e. The summed E-state index contributed by atoms with van der Waals surface area (Å²) >= 11 is 12.3. The fourth-order valence-corrected chi connectivity index (χ4v) is 2.78. The Labute approximate surface area is 118 Å². The third-order valence-electron chi connectivity index (χ3n) is 3.34. The van der Waals surface area contributed by atoms with E-state index in [2.05, 4.69) is 34.2 Å². The van der Waals surface area contributed by atoms with Gasteiger partial charge < -0.3 is 15.1 Å². The molecule has 1 aliphatic heterocycles. The van der Waals surface area contributed by atoms with Gasteiger partial charge in [0.05, 0.1) is 10.0 Å². The van der Waals surface area contributed by atoms with Gasteiger partial charge in [0.15, 0.2) is 0 Å². The summed E-state index contributed by atoms with van der Waals surface area (Å²) in [7, 11) is 6.01. The highest BCUT2D eigenvalue weighted by Gasteiger charge is 2.26. The lowest BCUT2D eigenvalue weighted by Gasteiger charge is -2.22. The molecular formula is C12H18Cl2N4. The molecule has 2 rings (SSSR count). The molecule has 0 radical (unpaired) electrons. The van der Waals surface area contributed by atoms with Crippen LogP contribution in [0.3, 0.4) is 0 Å². The number of halogens is 2. The third kappa shape index (κ3) is 2.66. The molecule has 18 heavy (non-hydrogen) atoms. The lowest BCUT2D eigenvalue weighted by atomic mass is 10.2. The summed E-state index contributed by atoms with van der Waals surface area (Å²) in [5.74, 6) is 1.49. The van der Waals surface area contributed by atoms with E-state index < -0.39 is 0 Å². The van der Waals surface area contributed by atoms with Crippen LogP contribution in [0, 0.1) is 0 Å². The molecule has 0 saturated carbocycles. The Morgan fingerprint density at radius 2 is 2.11 bits per heavy atom. The summed E-state index contributed by atoms with van der Waals surface area (Å²) in [5.41, 5.74) is 0. The highest BCUT2D eigenvalue weighted by Crippen LogP contribution is 2.33. The van der Waals surface area contributed by atoms with Crippen LogP contribution in [0.25, 0.3) is 0 Å². The van der Waals surface area contributed by atoms with Crippen molar-refractivity contribution in [1.82, 2.24) is 9.88 Å². The Bertz CT molecular complexity index is 436. The zero-order valence-corrected chi connectivity index (χ0v) is 12.4. The Morgan fingerprint density at radius 3 is 2.67 bits per heavy atom. The Hall–Kier alpha value is -0.710. The van der Waals surface area contributed by atoms with Crippen LogP contribution in [0.1, 0.15) is 6.42 Å². The number of likely N-dealkylation sites (N-methyl/N-ethyl adjacent to an activating group) is 1. The molecule has 1 aromatic rings. The largest absolute Gasteiger partial charge is 0.372 e. The number of aromatic nitrogens is 1. The van der Waals surface area contributed by atoms with E-state index >= 15 is 0 Å². The Kier molecular flexibility index (Phi) is 4.20. The van der Waals surface area contributed by atoms with Gasteiger partial charge >= 0.3 is 0 Å². The van der Waals surface area contributed by atoms with Crippen molar-refractivity contribution in [2.75, 3.05) is 44.4 Å². The van der Waals surface area contributed by atoms with Crippen LogP contribution in [0.5, 0.6) is 0 Å². The topological polar surface area (TPSA) is 31.4 Å². The van der Waals surface area contributed by atoms with Gasteiger partial charge in [-0.25, -0.2) is 4.98 Å². The van der Waals surface area contributed by atoms with Crippen LogP contribution in [-0.4, -0.2) is 50.2 Å². The zero-order valence-electron chi connectivity index (χ0n) is 10.9. The van der Waals surface area contributed by atoms with Crippen molar-refractivity contribution in [2.45, 2.75) is 12.5 Å². The van der Waals surface area contributed by atoms with E-state index in [9.17, 15) is 0 Å². The molecule has 0 amide bonds. The molecule has 1 unspecified atom stereocenters. The molecule has 6 heteroatoms. The minimum Gasteiger partial charge on any atom is -0.372 e. The van der Waals surface area contributed by atoms with Crippen molar-refractivity contribution in [3.8, 4) is 0 Å². The lowest BCUT2D eigenvalue weighted by molar-refractivity contribution is 0.315. The first-order valence-electron chi connectivity index (χ1n) is 5.98. The average molecular weight is 289 g/mol. The van der Waals surface area contributed by atoms with E-state index in [0.29, 0.717) is 21.9 Å². The van der Waals surface area contributed by atoms with Gasteiger partial charge in [-0.15, -0.1) is 0 Å². The Balaban J connectivity index is 2.24. The van der Waals surface area contributed by atoms with Gasteiger partial charge in [0.25, 0.3) is 0 Å². The van der Waals surface area contributed by atoms with Crippen molar-refractivity contribution >= 4 is 34.8 Å². The van der Waals surface area contributed by atoms with E-state index in [1.54, 1.807) is 13.1 Å². The van der Waals surface area contributed by atoms with E-state index in [0.717, 1.165) is 25.3 Å². The molecule has 1 aromatic heterocycles. The molecule has 1 N–H and O–H groups in total. The van der Waals surface area contributed by atoms with Crippen molar-refractivity contribution in [3.63, 3.8) is 0 Å². The molecule has 1 fully saturated rings. The van der Waals surface area contributed by atoms with Gasteiger partial charge in [0, 0.05) is 26.2 Å². The number of pyridine rings is 1. The van der Waals surface area contributed by atoms with E-state index in [1.807, 2.05) is 0 Å². The van der Waals surface area contributed by atoms with Crippen LogP contribution in [0.2, 0.25) is 10.0 Å². The van der Waals surface area contributed by atoms with Crippen molar-refractivity contribution < 1.29 is 0 Å². The van der Waals surface area contributed by atoms with Crippen LogP contribution in [0.15, 0.2) is 6.07 Å². The highest BCUT2D eigenvalue weighted by atomic mass is 35.5. The van der Waals surface area contributed by atoms with Crippen molar-refractivity contribution in [3.05, 3.63) is 16.1 Å². The maximum absolute atomic E-state index is 6.24. The molecule has 0 aliphatic carbocycles. The number of hydrogen-bond acceptors (Lipinski definition) is 4. The molecule has 0 spiro atoms. The molecular weight excluding hydrogens is 271 g/mol. The van der Waals surface area contributed by atoms with Crippen LogP contribution in [0.4, 0.5) is 11.6 Å². The van der Waals surface area contributed by atoms with E-state index in [4.69, 9.17) is 23.2 Å². The summed E-state index contributed by atoms with van der Waals surface area (Å²) in [6.45, 7) is 1.92. The van der Waals surface area contributed by atoms with Crippen molar-refractivity contribution in [1.29, 1.82) is 0 Å². The number of nitrogens with zero attached hydrogens (tertiary/aromatic N) is 3. The molecule has 1 saturated heterocycles. The number of rotatable bonds is 3. The molecule has 100 valence electrons. The predicted octanol–water partition coefficient (Wildman–Crippen LogP) is 2.57. The van der Waals surface area contributed by atoms with E-state index in [1.165, 1.54) is 0 Å². The molecule has 0 aromatic carbocycles. The lowest BCUT2D eigenvalue weighted by Crippen LogP contribution is -2.31. The smallest absolute Gasteiger partial charge is 0.150 e. The number of hydrogen-bond donors (Lipinski definition) is 1. The second kappa shape index (κ2) is 5.51. The summed E-state index contributed by atoms with van der Waals surface area (Å²) in [5, 5.41) is 4.14. The van der Waals surface area contributed by atoms with Crippen LogP contribution in [-0.2, 0) is 0 Å². The summed E-state index contributed by atoms with van der Waals surface area (Å²) in [4.78, 5) is 8.95. The first-order chi connectivity index (χ1) is 8.52. The average Bonchev–Trinajstić information content (AvgIpc) is 2.78. The fraction of sp³-hybridized carbons (Fsp3) is 0.583. The quantitative estimate of drug-likeness (QED) is 0.926. The highest BCUT2D eigenvalue weighted by molar-refractivity contribution is 6.37. The maximum atomic E-state index is 6.24. The van der Waals surface area contributed by atoms with Crippen molar-refractivity contribution in [2.24, 2.45) is 0 Å². The second-order valence-electron chi connectivity index (χ2n) is 4.73. The van der Waals surface area contributed by atoms with Crippen LogP contribution < -0.4 is 10.2 Å². The van der Waals surface area contributed by atoms with Gasteiger partial charge in [-0.05, 0) is 26.6 Å². The van der Waals surface area contributed by atoms with Gasteiger partial charge in [-0.2, -0.15) is 0 Å². The first kappa shape index (κ1) is 13.7. The molecule has 1 aliphatic rings. The first-order valence-corrected chi connectivity index (χ1v) is 6.73. The SMILES string of the molecule is CNc1nc(N2CCC(N(C)C)C2)c(Cl)cc1Cl. The minimum atomic E-state index is 0.551. The second-order valence-corrected chi connectivity index (χ2v) is 5.54. The fourth-order valence-electron chi connectivity index (χ4n) is 2.21. The Morgan fingerprint density at radius 1 is 1.39 bits per heavy atom. The molecule has 2 heterocycles. The summed E-state index contributed by atoms with van der Waals surface area (Å²) in [6, 6.07) is 2.30.